The summed E-state index contributed by atoms with van der Waals surface area (Å²) in [5.74, 6) is -0.402. The minimum atomic E-state index is -0.578. The van der Waals surface area contributed by atoms with Crippen LogP contribution in [0.4, 0.5) is 28.1 Å². The lowest BCUT2D eigenvalue weighted by Crippen LogP contribution is -2.06. The van der Waals surface area contributed by atoms with E-state index in [1.54, 1.807) is 42.8 Å². The Balaban J connectivity index is 1.86. The van der Waals surface area contributed by atoms with E-state index in [4.69, 9.17) is 4.74 Å². The number of aromatic nitrogens is 3. The summed E-state index contributed by atoms with van der Waals surface area (Å²) >= 11 is 1.29. The highest BCUT2D eigenvalue weighted by Gasteiger charge is 2.24. The van der Waals surface area contributed by atoms with Crippen molar-refractivity contribution in [3.8, 4) is 0 Å². The van der Waals surface area contributed by atoms with Crippen LogP contribution >= 0.6 is 11.3 Å². The minimum absolute atomic E-state index is 0.0120. The van der Waals surface area contributed by atoms with E-state index >= 15 is 0 Å². The number of nitro groups is 1. The number of hydrogen-bond acceptors (Lipinski definition) is 10. The van der Waals surface area contributed by atoms with Crippen LogP contribution in [-0.4, -0.2) is 32.5 Å². The normalized spacial score (nSPS) is 10.3. The molecule has 3 rings (SSSR count). The topological polar surface area (TPSA) is 132 Å². The van der Waals surface area contributed by atoms with Gasteiger partial charge in [0, 0.05) is 17.3 Å². The first-order chi connectivity index (χ1) is 13.1. The number of thiazole rings is 1. The molecule has 0 radical (unpaired) electrons. The average Bonchev–Trinajstić information content (AvgIpc) is 3.15. The molecule has 1 aromatic carbocycles. The molecule has 2 heterocycles. The Hall–Kier alpha value is -3.60. The number of carbonyl (C=O) groups is 1. The van der Waals surface area contributed by atoms with E-state index in [0.29, 0.717) is 16.4 Å². The second-order valence-corrected chi connectivity index (χ2v) is 5.96. The fraction of sp³-hybridized carbons (Fsp3) is 0.125. The van der Waals surface area contributed by atoms with Gasteiger partial charge in [-0.1, -0.05) is 0 Å². The second-order valence-electron chi connectivity index (χ2n) is 5.06. The molecule has 0 unspecified atom stereocenters. The number of ether oxygens (including phenoxy) is 1. The Morgan fingerprint density at radius 2 is 1.89 bits per heavy atom. The first-order valence-corrected chi connectivity index (χ1v) is 8.66. The molecule has 0 aliphatic carbocycles. The summed E-state index contributed by atoms with van der Waals surface area (Å²) in [4.78, 5) is 34.6. The van der Waals surface area contributed by atoms with Gasteiger partial charge in [-0.25, -0.2) is 19.7 Å². The summed E-state index contributed by atoms with van der Waals surface area (Å²) in [6.07, 6.45) is 2.78. The van der Waals surface area contributed by atoms with E-state index in [1.807, 2.05) is 0 Å². The molecule has 0 saturated heterocycles. The Morgan fingerprint density at radius 1 is 1.19 bits per heavy atom. The highest BCUT2D eigenvalue weighted by molar-refractivity contribution is 7.13. The number of esters is 1. The van der Waals surface area contributed by atoms with Crippen molar-refractivity contribution in [1.82, 2.24) is 15.0 Å². The molecule has 138 valence electrons. The molecule has 27 heavy (non-hydrogen) atoms. The largest absolute Gasteiger partial charge is 0.462 e. The number of benzene rings is 1. The van der Waals surface area contributed by atoms with Crippen LogP contribution in [-0.2, 0) is 4.74 Å². The van der Waals surface area contributed by atoms with Gasteiger partial charge in [-0.3, -0.25) is 10.1 Å². The van der Waals surface area contributed by atoms with E-state index in [1.165, 1.54) is 17.7 Å². The van der Waals surface area contributed by atoms with Gasteiger partial charge in [0.05, 0.1) is 17.1 Å². The van der Waals surface area contributed by atoms with Crippen molar-refractivity contribution in [3.63, 3.8) is 0 Å². The van der Waals surface area contributed by atoms with E-state index in [9.17, 15) is 14.9 Å². The molecule has 3 aromatic rings. The van der Waals surface area contributed by atoms with Crippen LogP contribution < -0.4 is 10.6 Å². The van der Waals surface area contributed by atoms with Gasteiger partial charge in [0.1, 0.15) is 6.33 Å². The molecule has 0 aliphatic rings. The predicted octanol–water partition coefficient (Wildman–Crippen LogP) is 3.51. The molecule has 2 N–H and O–H groups in total. The van der Waals surface area contributed by atoms with Gasteiger partial charge in [-0.15, -0.1) is 11.3 Å². The second kappa shape index (κ2) is 8.19. The molecule has 10 nitrogen and oxygen atoms in total. The summed E-state index contributed by atoms with van der Waals surface area (Å²) in [6.45, 7) is 2.00. The van der Waals surface area contributed by atoms with Gasteiger partial charge in [0.2, 0.25) is 11.6 Å². The lowest BCUT2D eigenvalue weighted by Gasteiger charge is -2.09. The highest BCUT2D eigenvalue weighted by Crippen LogP contribution is 2.33. The smallest absolute Gasteiger partial charge is 0.353 e. The van der Waals surface area contributed by atoms with Crippen LogP contribution in [0.3, 0.4) is 0 Å². The van der Waals surface area contributed by atoms with E-state index in [2.05, 4.69) is 25.6 Å². The SMILES string of the molecule is CCOC(=O)c1ccc(Nc2ncnc(Nc3nccs3)c2[N+](=O)[O-])cc1. The summed E-state index contributed by atoms with van der Waals surface area (Å²) in [5.41, 5.74) is 0.581. The zero-order chi connectivity index (χ0) is 19.2. The minimum Gasteiger partial charge on any atom is -0.462 e. The Labute approximate surface area is 157 Å². The number of anilines is 4. The van der Waals surface area contributed by atoms with Crippen molar-refractivity contribution >= 4 is 45.4 Å². The average molecular weight is 386 g/mol. The molecular weight excluding hydrogens is 372 g/mol. The first kappa shape index (κ1) is 18.2. The standard InChI is InChI=1S/C16H14N6O4S/c1-2-26-15(23)10-3-5-11(6-4-10)20-13-12(22(24)25)14(19-9-18-13)21-16-17-7-8-27-16/h3-9H,2H2,1H3,(H2,17,18,19,20,21). The van der Waals surface area contributed by atoms with Gasteiger partial charge < -0.3 is 15.4 Å². The van der Waals surface area contributed by atoms with Crippen LogP contribution in [0.15, 0.2) is 42.2 Å². The molecule has 0 fully saturated rings. The summed E-state index contributed by atoms with van der Waals surface area (Å²) < 4.78 is 4.92. The molecule has 11 heteroatoms. The van der Waals surface area contributed by atoms with Gasteiger partial charge >= 0.3 is 11.7 Å². The van der Waals surface area contributed by atoms with Crippen molar-refractivity contribution in [2.24, 2.45) is 0 Å². The molecule has 0 atom stereocenters. The lowest BCUT2D eigenvalue weighted by molar-refractivity contribution is -0.383. The van der Waals surface area contributed by atoms with Crippen LogP contribution in [0, 0.1) is 10.1 Å². The summed E-state index contributed by atoms with van der Waals surface area (Å²) in [6, 6.07) is 6.32. The maximum Gasteiger partial charge on any atom is 0.353 e. The van der Waals surface area contributed by atoms with Gasteiger partial charge in [-0.2, -0.15) is 0 Å². The summed E-state index contributed by atoms with van der Waals surface area (Å²) in [5, 5.41) is 19.4. The molecule has 0 saturated carbocycles. The third kappa shape index (κ3) is 4.33. The maximum atomic E-state index is 11.7. The molecule has 0 amide bonds. The van der Waals surface area contributed by atoms with Crippen molar-refractivity contribution in [2.45, 2.75) is 6.92 Å². The highest BCUT2D eigenvalue weighted by atomic mass is 32.1. The van der Waals surface area contributed by atoms with Crippen molar-refractivity contribution in [1.29, 1.82) is 0 Å². The quantitative estimate of drug-likeness (QED) is 0.355. The first-order valence-electron chi connectivity index (χ1n) is 7.78. The number of rotatable bonds is 7. The number of hydrogen-bond donors (Lipinski definition) is 2. The molecule has 0 bridgehead atoms. The monoisotopic (exact) mass is 386 g/mol. The van der Waals surface area contributed by atoms with Crippen molar-refractivity contribution in [3.05, 3.63) is 57.8 Å². The van der Waals surface area contributed by atoms with Gasteiger partial charge in [0.25, 0.3) is 0 Å². The van der Waals surface area contributed by atoms with Crippen LogP contribution in [0.25, 0.3) is 0 Å². The zero-order valence-electron chi connectivity index (χ0n) is 14.1. The number of carbonyl (C=O) groups excluding carboxylic acids is 1. The van der Waals surface area contributed by atoms with Gasteiger partial charge in [0.15, 0.2) is 5.13 Å². The van der Waals surface area contributed by atoms with E-state index in [0.717, 1.165) is 0 Å². The number of nitrogens with zero attached hydrogens (tertiary/aromatic N) is 4. The zero-order valence-corrected chi connectivity index (χ0v) is 14.9. The molecule has 2 aromatic heterocycles. The third-order valence-electron chi connectivity index (χ3n) is 3.32. The lowest BCUT2D eigenvalue weighted by atomic mass is 10.2. The number of nitrogens with one attached hydrogen (secondary N) is 2. The fourth-order valence-corrected chi connectivity index (χ4v) is 2.69. The van der Waals surface area contributed by atoms with Crippen LogP contribution in [0.1, 0.15) is 17.3 Å². The van der Waals surface area contributed by atoms with E-state index in [-0.39, 0.29) is 23.9 Å². The van der Waals surface area contributed by atoms with E-state index < -0.39 is 10.9 Å². The van der Waals surface area contributed by atoms with Crippen molar-refractivity contribution in [2.75, 3.05) is 17.2 Å². The molecular formula is C16H14N6O4S. The Morgan fingerprint density at radius 3 is 2.48 bits per heavy atom. The van der Waals surface area contributed by atoms with Crippen molar-refractivity contribution < 1.29 is 14.5 Å². The summed E-state index contributed by atoms with van der Waals surface area (Å²) in [7, 11) is 0. The predicted molar refractivity (Wildman–Crippen MR) is 99.8 cm³/mol. The van der Waals surface area contributed by atoms with Crippen LogP contribution in [0.5, 0.6) is 0 Å². The Bertz CT molecular complexity index is 946. The Kier molecular flexibility index (Phi) is 5.52. The van der Waals surface area contributed by atoms with Crippen LogP contribution in [0.2, 0.25) is 0 Å². The van der Waals surface area contributed by atoms with Gasteiger partial charge in [-0.05, 0) is 31.2 Å². The molecule has 0 aliphatic heterocycles. The third-order valence-corrected chi connectivity index (χ3v) is 4.01. The fourth-order valence-electron chi connectivity index (χ4n) is 2.16. The maximum absolute atomic E-state index is 11.7. The molecule has 0 spiro atoms.